The molecule has 0 bridgehead atoms. The van der Waals surface area contributed by atoms with E-state index in [4.69, 9.17) is 9.47 Å². The predicted molar refractivity (Wildman–Crippen MR) is 94.7 cm³/mol. The van der Waals surface area contributed by atoms with E-state index in [0.29, 0.717) is 36.0 Å². The van der Waals surface area contributed by atoms with E-state index in [-0.39, 0.29) is 5.57 Å². The fourth-order valence-electron chi connectivity index (χ4n) is 2.42. The summed E-state index contributed by atoms with van der Waals surface area (Å²) in [6, 6.07) is 9.04. The highest BCUT2D eigenvalue weighted by Crippen LogP contribution is 2.27. The number of ether oxygens (including phenoxy) is 2. The van der Waals surface area contributed by atoms with Crippen molar-refractivity contribution in [3.05, 3.63) is 46.8 Å². The monoisotopic (exact) mass is 339 g/mol. The molecule has 1 heterocycles. The van der Waals surface area contributed by atoms with Crippen molar-refractivity contribution >= 4 is 12.0 Å². The smallest absolute Gasteiger partial charge is 0.289 e. The van der Waals surface area contributed by atoms with Crippen molar-refractivity contribution in [3.8, 4) is 17.6 Å². The zero-order chi connectivity index (χ0) is 18.4. The molecule has 0 N–H and O–H groups in total. The maximum atomic E-state index is 12.6. The van der Waals surface area contributed by atoms with Crippen LogP contribution in [0.1, 0.15) is 35.6 Å². The molecule has 1 aromatic carbocycles. The van der Waals surface area contributed by atoms with Crippen LogP contribution in [-0.2, 0) is 0 Å². The molecule has 2 aromatic rings. The average Bonchev–Trinajstić information content (AvgIpc) is 2.92. The Hall–Kier alpha value is -3.07. The first kappa shape index (κ1) is 18.3. The molecule has 0 radical (unpaired) electrons. The Balaban J connectivity index is 2.43. The standard InChI is InChI=1S/C19H21N3O3/c1-5-24-17-8-7-15(18(11-17)25-6-2)10-16(12-20)19(23)22-14(4)9-13(3)21-22/h7-11H,5-6H2,1-4H3/b16-10-. The van der Waals surface area contributed by atoms with Gasteiger partial charge in [0.25, 0.3) is 5.91 Å². The molecule has 0 aliphatic carbocycles. The summed E-state index contributed by atoms with van der Waals surface area (Å²) in [7, 11) is 0. The molecule has 0 amide bonds. The number of benzene rings is 1. The Morgan fingerprint density at radius 1 is 1.24 bits per heavy atom. The van der Waals surface area contributed by atoms with Crippen molar-refractivity contribution in [1.29, 1.82) is 5.26 Å². The van der Waals surface area contributed by atoms with Crippen LogP contribution in [0.5, 0.6) is 11.5 Å². The summed E-state index contributed by atoms with van der Waals surface area (Å²) in [6.07, 6.45) is 1.51. The lowest BCUT2D eigenvalue weighted by atomic mass is 10.1. The Morgan fingerprint density at radius 2 is 1.96 bits per heavy atom. The summed E-state index contributed by atoms with van der Waals surface area (Å²) in [6.45, 7) is 8.34. The summed E-state index contributed by atoms with van der Waals surface area (Å²) < 4.78 is 12.3. The predicted octanol–water partition coefficient (Wildman–Crippen LogP) is 3.54. The van der Waals surface area contributed by atoms with Crippen LogP contribution in [0.15, 0.2) is 29.8 Å². The third-order valence-electron chi connectivity index (χ3n) is 3.45. The minimum atomic E-state index is -0.468. The van der Waals surface area contributed by atoms with Crippen LogP contribution in [0.2, 0.25) is 0 Å². The molecular weight excluding hydrogens is 318 g/mol. The van der Waals surface area contributed by atoms with E-state index in [1.54, 1.807) is 38.1 Å². The Labute approximate surface area is 147 Å². The van der Waals surface area contributed by atoms with Gasteiger partial charge in [0, 0.05) is 17.3 Å². The van der Waals surface area contributed by atoms with Crippen LogP contribution in [0.3, 0.4) is 0 Å². The highest BCUT2D eigenvalue weighted by Gasteiger charge is 2.16. The highest BCUT2D eigenvalue weighted by molar-refractivity contribution is 6.03. The van der Waals surface area contributed by atoms with E-state index >= 15 is 0 Å². The molecule has 0 fully saturated rings. The van der Waals surface area contributed by atoms with Crippen LogP contribution in [0, 0.1) is 25.2 Å². The maximum absolute atomic E-state index is 12.6. The molecular formula is C19H21N3O3. The first-order chi connectivity index (χ1) is 12.0. The van der Waals surface area contributed by atoms with E-state index in [2.05, 4.69) is 5.10 Å². The summed E-state index contributed by atoms with van der Waals surface area (Å²) in [5.41, 5.74) is 2.02. The van der Waals surface area contributed by atoms with Crippen LogP contribution < -0.4 is 9.47 Å². The molecule has 0 aliphatic heterocycles. The number of aryl methyl sites for hydroxylation is 2. The lowest BCUT2D eigenvalue weighted by molar-refractivity contribution is 0.0944. The molecule has 25 heavy (non-hydrogen) atoms. The van der Waals surface area contributed by atoms with Gasteiger partial charge in [0.1, 0.15) is 23.1 Å². The summed E-state index contributed by atoms with van der Waals surface area (Å²) in [4.78, 5) is 12.6. The summed E-state index contributed by atoms with van der Waals surface area (Å²) in [5, 5.41) is 13.6. The Morgan fingerprint density at radius 3 is 2.52 bits per heavy atom. The lowest BCUT2D eigenvalue weighted by Crippen LogP contribution is -2.15. The van der Waals surface area contributed by atoms with E-state index < -0.39 is 5.91 Å². The van der Waals surface area contributed by atoms with Crippen LogP contribution >= 0.6 is 0 Å². The number of hydrogen-bond acceptors (Lipinski definition) is 5. The van der Waals surface area contributed by atoms with Gasteiger partial charge in [0.05, 0.1) is 18.9 Å². The Bertz CT molecular complexity index is 844. The van der Waals surface area contributed by atoms with Crippen molar-refractivity contribution in [2.24, 2.45) is 0 Å². The van der Waals surface area contributed by atoms with Gasteiger partial charge < -0.3 is 9.47 Å². The first-order valence-electron chi connectivity index (χ1n) is 8.09. The number of rotatable bonds is 6. The number of carbonyl (C=O) groups is 1. The number of hydrogen-bond donors (Lipinski definition) is 0. The summed E-state index contributed by atoms with van der Waals surface area (Å²) >= 11 is 0. The van der Waals surface area contributed by atoms with Crippen molar-refractivity contribution in [2.75, 3.05) is 13.2 Å². The first-order valence-corrected chi connectivity index (χ1v) is 8.09. The molecule has 0 saturated heterocycles. The number of allylic oxidation sites excluding steroid dienone is 1. The van der Waals surface area contributed by atoms with E-state index in [1.165, 1.54) is 10.8 Å². The largest absolute Gasteiger partial charge is 0.494 e. The molecule has 0 spiro atoms. The SMILES string of the molecule is CCOc1ccc(/C=C(/C#N)C(=O)n2nc(C)cc2C)c(OCC)c1. The number of nitriles is 1. The van der Waals surface area contributed by atoms with E-state index in [0.717, 1.165) is 5.69 Å². The van der Waals surface area contributed by atoms with Gasteiger partial charge in [-0.05, 0) is 52.0 Å². The lowest BCUT2D eigenvalue weighted by Gasteiger charge is -2.11. The minimum absolute atomic E-state index is 0.0173. The van der Waals surface area contributed by atoms with Crippen LogP contribution in [0.25, 0.3) is 6.08 Å². The topological polar surface area (TPSA) is 77.1 Å². The molecule has 0 atom stereocenters. The molecule has 2 rings (SSSR count). The third-order valence-corrected chi connectivity index (χ3v) is 3.45. The second-order valence-corrected chi connectivity index (χ2v) is 5.38. The average molecular weight is 339 g/mol. The highest BCUT2D eigenvalue weighted by atomic mass is 16.5. The van der Waals surface area contributed by atoms with Crippen molar-refractivity contribution < 1.29 is 14.3 Å². The quantitative estimate of drug-likeness (QED) is 0.594. The van der Waals surface area contributed by atoms with Gasteiger partial charge in [-0.25, -0.2) is 4.68 Å². The minimum Gasteiger partial charge on any atom is -0.494 e. The third kappa shape index (κ3) is 4.27. The number of aromatic nitrogens is 2. The Kier molecular flexibility index (Phi) is 5.96. The van der Waals surface area contributed by atoms with E-state index in [9.17, 15) is 10.1 Å². The van der Waals surface area contributed by atoms with Crippen molar-refractivity contribution in [2.45, 2.75) is 27.7 Å². The maximum Gasteiger partial charge on any atom is 0.289 e. The van der Waals surface area contributed by atoms with Crippen molar-refractivity contribution in [3.63, 3.8) is 0 Å². The van der Waals surface area contributed by atoms with Gasteiger partial charge in [-0.15, -0.1) is 0 Å². The van der Waals surface area contributed by atoms with Gasteiger partial charge in [-0.2, -0.15) is 10.4 Å². The van der Waals surface area contributed by atoms with Gasteiger partial charge in [-0.3, -0.25) is 4.79 Å². The number of nitrogens with zero attached hydrogens (tertiary/aromatic N) is 3. The van der Waals surface area contributed by atoms with Gasteiger partial charge in [-0.1, -0.05) is 0 Å². The summed E-state index contributed by atoms with van der Waals surface area (Å²) in [5.74, 6) is 0.762. The second-order valence-electron chi connectivity index (χ2n) is 5.38. The number of carbonyl (C=O) groups excluding carboxylic acids is 1. The molecule has 6 nitrogen and oxygen atoms in total. The van der Waals surface area contributed by atoms with E-state index in [1.807, 2.05) is 19.9 Å². The zero-order valence-corrected chi connectivity index (χ0v) is 14.9. The van der Waals surface area contributed by atoms with Gasteiger partial charge >= 0.3 is 0 Å². The fourth-order valence-corrected chi connectivity index (χ4v) is 2.42. The molecule has 0 unspecified atom stereocenters. The van der Waals surface area contributed by atoms with Gasteiger partial charge in [0.15, 0.2) is 0 Å². The molecule has 6 heteroatoms. The molecule has 1 aromatic heterocycles. The molecule has 130 valence electrons. The molecule has 0 aliphatic rings. The van der Waals surface area contributed by atoms with Gasteiger partial charge in [0.2, 0.25) is 0 Å². The van der Waals surface area contributed by atoms with Crippen LogP contribution in [0.4, 0.5) is 0 Å². The fraction of sp³-hybridized carbons (Fsp3) is 0.316. The van der Waals surface area contributed by atoms with Crippen LogP contribution in [-0.4, -0.2) is 28.9 Å². The van der Waals surface area contributed by atoms with Crippen molar-refractivity contribution in [1.82, 2.24) is 9.78 Å². The zero-order valence-electron chi connectivity index (χ0n) is 14.9. The normalized spacial score (nSPS) is 11.1. The molecule has 0 saturated carbocycles. The second kappa shape index (κ2) is 8.15.